The second kappa shape index (κ2) is 9.29. The van der Waals surface area contributed by atoms with Crippen molar-refractivity contribution in [3.8, 4) is 5.75 Å². The number of hydrogen-bond acceptors (Lipinski definition) is 4. The monoisotopic (exact) mass is 327 g/mol. The molecule has 0 aliphatic carbocycles. The van der Waals surface area contributed by atoms with Gasteiger partial charge in [-0.05, 0) is 42.8 Å². The first-order chi connectivity index (χ1) is 11.7. The summed E-state index contributed by atoms with van der Waals surface area (Å²) in [6.07, 6.45) is 3.70. The number of carbonyl (C=O) groups is 2. The molecule has 2 amide bonds. The Bertz CT molecular complexity index is 657. The number of hydrogen-bond donors (Lipinski definition) is 2. The van der Waals surface area contributed by atoms with Gasteiger partial charge in [-0.15, -0.1) is 0 Å². The van der Waals surface area contributed by atoms with Gasteiger partial charge in [-0.2, -0.15) is 0 Å². The molecule has 2 aromatic rings. The van der Waals surface area contributed by atoms with E-state index < -0.39 is 11.8 Å². The maximum Gasteiger partial charge on any atom is 0.313 e. The van der Waals surface area contributed by atoms with E-state index in [2.05, 4.69) is 22.5 Å². The van der Waals surface area contributed by atoms with E-state index in [1.807, 2.05) is 6.07 Å². The van der Waals surface area contributed by atoms with Crippen molar-refractivity contribution in [1.29, 1.82) is 0 Å². The summed E-state index contributed by atoms with van der Waals surface area (Å²) in [5.74, 6) is -0.685. The lowest BCUT2D eigenvalue weighted by molar-refractivity contribution is -0.136. The van der Waals surface area contributed by atoms with Crippen molar-refractivity contribution in [2.45, 2.75) is 26.3 Å². The number of unbranched alkanes of at least 4 members (excludes halogenated alkanes) is 1. The Hall–Kier alpha value is -2.89. The minimum atomic E-state index is -0.717. The van der Waals surface area contributed by atoms with Crippen LogP contribution in [-0.2, 0) is 16.1 Å². The van der Waals surface area contributed by atoms with Gasteiger partial charge in [0.15, 0.2) is 0 Å². The average molecular weight is 327 g/mol. The number of aromatic nitrogens is 1. The van der Waals surface area contributed by atoms with Gasteiger partial charge in [0, 0.05) is 11.9 Å². The molecule has 2 rings (SSSR count). The number of anilines is 1. The molecule has 0 spiro atoms. The molecule has 2 N–H and O–H groups in total. The molecule has 24 heavy (non-hydrogen) atoms. The Kier molecular flexibility index (Phi) is 6.76. The zero-order valence-corrected chi connectivity index (χ0v) is 13.6. The lowest BCUT2D eigenvalue weighted by Crippen LogP contribution is -2.35. The van der Waals surface area contributed by atoms with Crippen molar-refractivity contribution in [2.75, 3.05) is 11.9 Å². The average Bonchev–Trinajstić information content (AvgIpc) is 2.62. The number of pyridine rings is 1. The summed E-state index contributed by atoms with van der Waals surface area (Å²) < 4.78 is 5.54. The van der Waals surface area contributed by atoms with Crippen LogP contribution in [0.2, 0.25) is 0 Å². The number of ether oxygens (including phenoxy) is 1. The van der Waals surface area contributed by atoms with Crippen molar-refractivity contribution in [3.63, 3.8) is 0 Å². The Morgan fingerprint density at radius 3 is 2.54 bits per heavy atom. The van der Waals surface area contributed by atoms with Crippen molar-refractivity contribution in [2.24, 2.45) is 0 Å². The maximum atomic E-state index is 11.9. The van der Waals surface area contributed by atoms with E-state index in [1.165, 1.54) is 0 Å². The summed E-state index contributed by atoms with van der Waals surface area (Å²) in [6, 6.07) is 12.3. The third-order valence-corrected chi connectivity index (χ3v) is 3.24. The van der Waals surface area contributed by atoms with Crippen LogP contribution in [0.15, 0.2) is 48.7 Å². The van der Waals surface area contributed by atoms with Crippen LogP contribution in [0.4, 0.5) is 5.69 Å². The van der Waals surface area contributed by atoms with Crippen LogP contribution in [0.3, 0.4) is 0 Å². The smallest absolute Gasteiger partial charge is 0.313 e. The molecular weight excluding hydrogens is 306 g/mol. The standard InChI is InChI=1S/C18H21N3O3/c1-2-3-12-24-16-9-7-14(8-10-16)21-18(23)17(22)20-13-15-6-4-5-11-19-15/h4-11H,2-3,12-13H2,1H3,(H,20,22)(H,21,23). The molecule has 0 aliphatic rings. The minimum Gasteiger partial charge on any atom is -0.494 e. The van der Waals surface area contributed by atoms with Crippen LogP contribution in [0, 0.1) is 0 Å². The largest absolute Gasteiger partial charge is 0.494 e. The Morgan fingerprint density at radius 2 is 1.88 bits per heavy atom. The van der Waals surface area contributed by atoms with Gasteiger partial charge < -0.3 is 15.4 Å². The molecule has 0 radical (unpaired) electrons. The van der Waals surface area contributed by atoms with E-state index in [-0.39, 0.29) is 6.54 Å². The second-order valence-corrected chi connectivity index (χ2v) is 5.18. The molecule has 1 heterocycles. The number of rotatable bonds is 7. The minimum absolute atomic E-state index is 0.206. The number of carbonyl (C=O) groups excluding carboxylic acids is 2. The quantitative estimate of drug-likeness (QED) is 0.605. The van der Waals surface area contributed by atoms with Gasteiger partial charge in [-0.3, -0.25) is 14.6 Å². The zero-order valence-electron chi connectivity index (χ0n) is 13.6. The lowest BCUT2D eigenvalue weighted by atomic mass is 10.3. The van der Waals surface area contributed by atoms with E-state index in [0.717, 1.165) is 18.6 Å². The maximum absolute atomic E-state index is 11.9. The van der Waals surface area contributed by atoms with E-state index in [1.54, 1.807) is 42.6 Å². The number of amides is 2. The van der Waals surface area contributed by atoms with E-state index in [0.29, 0.717) is 18.0 Å². The topological polar surface area (TPSA) is 80.3 Å². The van der Waals surface area contributed by atoms with Gasteiger partial charge in [-0.25, -0.2) is 0 Å². The highest BCUT2D eigenvalue weighted by Gasteiger charge is 2.13. The van der Waals surface area contributed by atoms with Crippen LogP contribution >= 0.6 is 0 Å². The third-order valence-electron chi connectivity index (χ3n) is 3.24. The van der Waals surface area contributed by atoms with E-state index in [4.69, 9.17) is 4.74 Å². The molecule has 6 nitrogen and oxygen atoms in total. The van der Waals surface area contributed by atoms with Gasteiger partial charge in [0.1, 0.15) is 5.75 Å². The fraction of sp³-hybridized carbons (Fsp3) is 0.278. The lowest BCUT2D eigenvalue weighted by Gasteiger charge is -2.08. The van der Waals surface area contributed by atoms with Crippen molar-refractivity contribution >= 4 is 17.5 Å². The molecule has 0 saturated heterocycles. The van der Waals surface area contributed by atoms with Crippen molar-refractivity contribution in [3.05, 3.63) is 54.4 Å². The summed E-state index contributed by atoms with van der Waals surface area (Å²) in [5.41, 5.74) is 1.23. The van der Waals surface area contributed by atoms with Gasteiger partial charge in [0.05, 0.1) is 18.8 Å². The zero-order chi connectivity index (χ0) is 17.2. The van der Waals surface area contributed by atoms with E-state index >= 15 is 0 Å². The number of nitrogens with one attached hydrogen (secondary N) is 2. The normalized spacial score (nSPS) is 10.0. The van der Waals surface area contributed by atoms with Crippen LogP contribution in [0.5, 0.6) is 5.75 Å². The molecule has 1 aromatic heterocycles. The highest BCUT2D eigenvalue weighted by molar-refractivity contribution is 6.39. The summed E-state index contributed by atoms with van der Waals surface area (Å²) in [7, 11) is 0. The van der Waals surface area contributed by atoms with Gasteiger partial charge in [0.2, 0.25) is 0 Å². The number of nitrogens with zero attached hydrogens (tertiary/aromatic N) is 1. The first-order valence-electron chi connectivity index (χ1n) is 7.91. The van der Waals surface area contributed by atoms with Crippen LogP contribution in [0.1, 0.15) is 25.5 Å². The predicted octanol–water partition coefficient (Wildman–Crippen LogP) is 2.52. The second-order valence-electron chi connectivity index (χ2n) is 5.18. The van der Waals surface area contributed by atoms with E-state index in [9.17, 15) is 9.59 Å². The first kappa shape index (κ1) is 17.5. The van der Waals surface area contributed by atoms with Gasteiger partial charge in [0.25, 0.3) is 0 Å². The van der Waals surface area contributed by atoms with Crippen LogP contribution in [-0.4, -0.2) is 23.4 Å². The molecule has 0 fully saturated rings. The van der Waals surface area contributed by atoms with Crippen molar-refractivity contribution in [1.82, 2.24) is 10.3 Å². The van der Waals surface area contributed by atoms with Crippen LogP contribution < -0.4 is 15.4 Å². The SMILES string of the molecule is CCCCOc1ccc(NC(=O)C(=O)NCc2ccccn2)cc1. The Balaban J connectivity index is 1.79. The molecule has 1 aromatic carbocycles. The van der Waals surface area contributed by atoms with Gasteiger partial charge >= 0.3 is 11.8 Å². The van der Waals surface area contributed by atoms with Gasteiger partial charge in [-0.1, -0.05) is 19.4 Å². The fourth-order valence-corrected chi connectivity index (χ4v) is 1.91. The highest BCUT2D eigenvalue weighted by atomic mass is 16.5. The predicted molar refractivity (Wildman–Crippen MR) is 91.6 cm³/mol. The molecule has 0 unspecified atom stereocenters. The van der Waals surface area contributed by atoms with Crippen LogP contribution in [0.25, 0.3) is 0 Å². The molecular formula is C18H21N3O3. The summed E-state index contributed by atoms with van der Waals surface area (Å²) >= 11 is 0. The molecule has 0 saturated carbocycles. The summed E-state index contributed by atoms with van der Waals surface area (Å²) in [6.45, 7) is 2.97. The number of benzene rings is 1. The fourth-order valence-electron chi connectivity index (χ4n) is 1.91. The Labute approximate surface area is 141 Å². The first-order valence-corrected chi connectivity index (χ1v) is 7.91. The molecule has 6 heteroatoms. The summed E-state index contributed by atoms with van der Waals surface area (Å²) in [5, 5.41) is 5.07. The highest BCUT2D eigenvalue weighted by Crippen LogP contribution is 2.16. The molecule has 126 valence electrons. The molecule has 0 aliphatic heterocycles. The summed E-state index contributed by atoms with van der Waals surface area (Å²) in [4.78, 5) is 27.7. The molecule has 0 bridgehead atoms. The molecule has 0 atom stereocenters. The van der Waals surface area contributed by atoms with Crippen molar-refractivity contribution < 1.29 is 14.3 Å². The Morgan fingerprint density at radius 1 is 1.08 bits per heavy atom. The third kappa shape index (κ3) is 5.72.